The molecule has 0 aliphatic carbocycles. The van der Waals surface area contributed by atoms with Crippen molar-refractivity contribution in [1.82, 2.24) is 10.7 Å². The predicted molar refractivity (Wildman–Crippen MR) is 157 cm³/mol. The largest absolute Gasteiger partial charge is 0.489 e. The Hall–Kier alpha value is -5.71. The van der Waals surface area contributed by atoms with Gasteiger partial charge in [-0.05, 0) is 79.1 Å². The van der Waals surface area contributed by atoms with Crippen LogP contribution in [0.15, 0.2) is 94.4 Å². The molecule has 42 heavy (non-hydrogen) atoms. The lowest BCUT2D eigenvalue weighted by atomic mass is 10.1. The summed E-state index contributed by atoms with van der Waals surface area (Å²) >= 11 is 0. The molecule has 0 atom stereocenters. The van der Waals surface area contributed by atoms with Crippen molar-refractivity contribution < 1.29 is 28.3 Å². The number of aryl methyl sites for hydroxylation is 2. The number of hydrazone groups is 1. The summed E-state index contributed by atoms with van der Waals surface area (Å²) in [5.41, 5.74) is 6.14. The number of benzene rings is 3. The summed E-state index contributed by atoms with van der Waals surface area (Å²) in [7, 11) is 0. The Morgan fingerprint density at radius 3 is 2.19 bits per heavy atom. The minimum absolute atomic E-state index is 0.0438. The zero-order chi connectivity index (χ0) is 29.9. The maximum absolute atomic E-state index is 12.2. The minimum atomic E-state index is -0.982. The monoisotopic (exact) mass is 567 g/mol. The highest BCUT2D eigenvalue weighted by Gasteiger charge is 2.15. The van der Waals surface area contributed by atoms with Crippen molar-refractivity contribution in [1.29, 1.82) is 0 Å². The smallest absolute Gasteiger partial charge is 0.329 e. The van der Waals surface area contributed by atoms with Crippen LogP contribution < -0.4 is 26.1 Å². The Balaban J connectivity index is 1.17. The first-order valence-corrected chi connectivity index (χ1v) is 12.9. The Morgan fingerprint density at radius 2 is 1.45 bits per heavy atom. The van der Waals surface area contributed by atoms with Crippen LogP contribution in [0.4, 0.5) is 11.4 Å². The molecule has 11 nitrogen and oxygen atoms in total. The fraction of sp³-hybridized carbons (Fsp3) is 0.129. The number of nitrogens with one attached hydrogen (secondary N) is 4. The van der Waals surface area contributed by atoms with Crippen LogP contribution >= 0.6 is 0 Å². The Kier molecular flexibility index (Phi) is 9.81. The third-order valence-corrected chi connectivity index (χ3v) is 6.00. The lowest BCUT2D eigenvalue weighted by molar-refractivity contribution is -0.136. The van der Waals surface area contributed by atoms with Crippen LogP contribution in [-0.2, 0) is 32.3 Å². The lowest BCUT2D eigenvalue weighted by Gasteiger charge is -2.08. The number of hydrogen-bond donors (Lipinski definition) is 4. The molecule has 3 aromatic carbocycles. The fourth-order valence-corrected chi connectivity index (χ4v) is 3.58. The van der Waals surface area contributed by atoms with E-state index in [4.69, 9.17) is 9.15 Å². The zero-order valence-electron chi connectivity index (χ0n) is 23.0. The van der Waals surface area contributed by atoms with Gasteiger partial charge in [-0.2, -0.15) is 5.10 Å². The second-order valence-corrected chi connectivity index (χ2v) is 9.19. The van der Waals surface area contributed by atoms with Crippen molar-refractivity contribution in [3.8, 4) is 5.75 Å². The van der Waals surface area contributed by atoms with E-state index in [1.165, 1.54) is 6.21 Å². The fourth-order valence-electron chi connectivity index (χ4n) is 3.58. The minimum Gasteiger partial charge on any atom is -0.489 e. The van der Waals surface area contributed by atoms with Gasteiger partial charge in [0.1, 0.15) is 23.9 Å². The second kappa shape index (κ2) is 14.1. The van der Waals surface area contributed by atoms with Crippen molar-refractivity contribution in [3.63, 3.8) is 0 Å². The van der Waals surface area contributed by atoms with Gasteiger partial charge in [0.15, 0.2) is 0 Å². The van der Waals surface area contributed by atoms with Crippen LogP contribution in [0.25, 0.3) is 0 Å². The van der Waals surface area contributed by atoms with Gasteiger partial charge in [-0.15, -0.1) is 0 Å². The van der Waals surface area contributed by atoms with Gasteiger partial charge in [0.2, 0.25) is 0 Å². The topological polar surface area (TPSA) is 151 Å². The van der Waals surface area contributed by atoms with Crippen molar-refractivity contribution >= 4 is 41.2 Å². The van der Waals surface area contributed by atoms with Gasteiger partial charge in [-0.1, -0.05) is 36.4 Å². The molecule has 0 aliphatic heterocycles. The molecule has 0 radical (unpaired) electrons. The van der Waals surface area contributed by atoms with Crippen LogP contribution in [0.2, 0.25) is 0 Å². The van der Waals surface area contributed by atoms with E-state index in [2.05, 4.69) is 26.5 Å². The van der Waals surface area contributed by atoms with Gasteiger partial charge in [0.25, 0.3) is 0 Å². The van der Waals surface area contributed by atoms with E-state index in [1.807, 2.05) is 50.2 Å². The van der Waals surface area contributed by atoms with Crippen LogP contribution in [0.1, 0.15) is 28.2 Å². The van der Waals surface area contributed by atoms with Gasteiger partial charge in [0.05, 0.1) is 12.8 Å². The number of rotatable bonds is 9. The van der Waals surface area contributed by atoms with E-state index >= 15 is 0 Å². The van der Waals surface area contributed by atoms with E-state index in [9.17, 15) is 19.2 Å². The number of carbonyl (C=O) groups excluding carboxylic acids is 4. The van der Waals surface area contributed by atoms with Crippen molar-refractivity contribution in [3.05, 3.63) is 113 Å². The number of furan rings is 1. The maximum Gasteiger partial charge on any atom is 0.329 e. The number of amides is 4. The van der Waals surface area contributed by atoms with E-state index in [0.29, 0.717) is 29.5 Å². The van der Waals surface area contributed by atoms with E-state index in [-0.39, 0.29) is 12.3 Å². The van der Waals surface area contributed by atoms with Gasteiger partial charge in [-0.3, -0.25) is 19.2 Å². The SMILES string of the molecule is Cc1ccc(NC(=O)C(=O)NCc2ccc(/C=N/NC(=O)C(=O)Nc3ccc(OCc4ccccc4)cc3)o2)cc1C. The molecule has 0 aliphatic rings. The third-order valence-electron chi connectivity index (χ3n) is 6.00. The summed E-state index contributed by atoms with van der Waals surface area (Å²) < 4.78 is 11.2. The molecule has 0 unspecified atom stereocenters. The average molecular weight is 568 g/mol. The normalized spacial score (nSPS) is 10.6. The van der Waals surface area contributed by atoms with Crippen LogP contribution in [0.5, 0.6) is 5.75 Å². The van der Waals surface area contributed by atoms with Gasteiger partial charge >= 0.3 is 23.6 Å². The number of ether oxygens (including phenoxy) is 1. The molecule has 4 aromatic rings. The van der Waals surface area contributed by atoms with Crippen LogP contribution in [0.3, 0.4) is 0 Å². The molecular weight excluding hydrogens is 538 g/mol. The molecule has 1 aromatic heterocycles. The third kappa shape index (κ3) is 8.65. The highest BCUT2D eigenvalue weighted by Crippen LogP contribution is 2.17. The highest BCUT2D eigenvalue weighted by atomic mass is 16.5. The number of nitrogens with zero attached hydrogens (tertiary/aromatic N) is 1. The molecule has 214 valence electrons. The van der Waals surface area contributed by atoms with Crippen LogP contribution in [0, 0.1) is 13.8 Å². The van der Waals surface area contributed by atoms with E-state index in [0.717, 1.165) is 16.7 Å². The zero-order valence-corrected chi connectivity index (χ0v) is 23.0. The Labute approximate surface area is 242 Å². The Morgan fingerprint density at radius 1 is 0.762 bits per heavy atom. The molecule has 11 heteroatoms. The van der Waals surface area contributed by atoms with Crippen molar-refractivity contribution in [2.45, 2.75) is 27.0 Å². The highest BCUT2D eigenvalue weighted by molar-refractivity contribution is 6.40. The van der Waals surface area contributed by atoms with E-state index < -0.39 is 23.6 Å². The van der Waals surface area contributed by atoms with Crippen molar-refractivity contribution in [2.24, 2.45) is 5.10 Å². The number of carbonyl (C=O) groups is 4. The molecule has 4 N–H and O–H groups in total. The second-order valence-electron chi connectivity index (χ2n) is 9.19. The Bertz CT molecular complexity index is 1600. The predicted octanol–water partition coefficient (Wildman–Crippen LogP) is 3.82. The molecule has 0 fully saturated rings. The molecule has 4 rings (SSSR count). The summed E-state index contributed by atoms with van der Waals surface area (Å²) in [5.74, 6) is -2.30. The molecule has 0 spiro atoms. The molecule has 4 amide bonds. The van der Waals surface area contributed by atoms with Crippen LogP contribution in [-0.4, -0.2) is 29.8 Å². The van der Waals surface area contributed by atoms with Gasteiger partial charge in [0, 0.05) is 11.4 Å². The first-order valence-electron chi connectivity index (χ1n) is 12.9. The maximum atomic E-state index is 12.2. The summed E-state index contributed by atoms with van der Waals surface area (Å²) in [6, 6.07) is 24.8. The number of anilines is 2. The lowest BCUT2D eigenvalue weighted by Crippen LogP contribution is -2.34. The first-order chi connectivity index (χ1) is 20.3. The average Bonchev–Trinajstić information content (AvgIpc) is 3.45. The quantitative estimate of drug-likeness (QED) is 0.137. The molecular formula is C31H29N5O6. The summed E-state index contributed by atoms with van der Waals surface area (Å²) in [6.07, 6.45) is 1.20. The summed E-state index contributed by atoms with van der Waals surface area (Å²) in [6.45, 7) is 4.22. The molecule has 0 saturated carbocycles. The summed E-state index contributed by atoms with van der Waals surface area (Å²) in [5, 5.41) is 11.2. The molecule has 1 heterocycles. The summed E-state index contributed by atoms with van der Waals surface area (Å²) in [4.78, 5) is 48.6. The van der Waals surface area contributed by atoms with E-state index in [1.54, 1.807) is 48.5 Å². The van der Waals surface area contributed by atoms with Gasteiger partial charge < -0.3 is 25.1 Å². The standard InChI is InChI=1S/C31H29N5O6/c1-20-8-9-24(16-21(20)2)35-29(38)28(37)32-17-26-14-15-27(42-26)18-33-36-31(40)30(39)34-23-10-12-25(13-11-23)41-19-22-6-4-3-5-7-22/h3-16,18H,17,19H2,1-2H3,(H,32,37)(H,34,39)(H,35,38)(H,36,40)/b33-18+. The number of hydrogen-bond acceptors (Lipinski definition) is 7. The molecule has 0 bridgehead atoms. The van der Waals surface area contributed by atoms with Gasteiger partial charge in [-0.25, -0.2) is 5.43 Å². The molecule has 0 saturated heterocycles. The van der Waals surface area contributed by atoms with Crippen molar-refractivity contribution in [2.75, 3.05) is 10.6 Å². The first kappa shape index (κ1) is 29.3.